The van der Waals surface area contributed by atoms with Crippen molar-refractivity contribution in [1.82, 2.24) is 4.57 Å². The Labute approximate surface area is 72.8 Å². The van der Waals surface area contributed by atoms with Gasteiger partial charge >= 0.3 is 0 Å². The second-order valence-corrected chi connectivity index (χ2v) is 3.43. The monoisotopic (exact) mass is 165 g/mol. The molecule has 2 heteroatoms. The Balaban J connectivity index is 3.37. The van der Waals surface area contributed by atoms with Gasteiger partial charge in [-0.3, -0.25) is 4.79 Å². The molecule has 1 rings (SSSR count). The molecule has 0 aliphatic rings. The highest BCUT2D eigenvalue weighted by atomic mass is 16.1. The molecule has 0 aliphatic carbocycles. The fourth-order valence-electron chi connectivity index (χ4n) is 1.15. The molecule has 2 nitrogen and oxygen atoms in total. The maximum atomic E-state index is 11.6. The van der Waals surface area contributed by atoms with Gasteiger partial charge < -0.3 is 4.57 Å². The maximum absolute atomic E-state index is 11.6. The first-order valence-corrected chi connectivity index (χ1v) is 4.22. The summed E-state index contributed by atoms with van der Waals surface area (Å²) in [6.45, 7) is 7.85. The SMILES string of the molecule is Cc1ccn(C(C)C)c(=O)c1C. The average molecular weight is 165 g/mol. The van der Waals surface area contributed by atoms with E-state index in [-0.39, 0.29) is 11.6 Å². The molecule has 0 N–H and O–H groups in total. The van der Waals surface area contributed by atoms with Gasteiger partial charge in [0.1, 0.15) is 0 Å². The van der Waals surface area contributed by atoms with Crippen LogP contribution in [0.4, 0.5) is 0 Å². The van der Waals surface area contributed by atoms with Crippen LogP contribution in [0.25, 0.3) is 0 Å². The molecular weight excluding hydrogens is 150 g/mol. The summed E-state index contributed by atoms with van der Waals surface area (Å²) in [6, 6.07) is 2.23. The van der Waals surface area contributed by atoms with Gasteiger partial charge in [-0.25, -0.2) is 0 Å². The second-order valence-electron chi connectivity index (χ2n) is 3.43. The zero-order chi connectivity index (χ0) is 9.30. The van der Waals surface area contributed by atoms with E-state index in [0.29, 0.717) is 0 Å². The Morgan fingerprint density at radius 3 is 2.42 bits per heavy atom. The maximum Gasteiger partial charge on any atom is 0.253 e. The van der Waals surface area contributed by atoms with Gasteiger partial charge in [-0.05, 0) is 39.3 Å². The van der Waals surface area contributed by atoms with Crippen LogP contribution in [-0.2, 0) is 0 Å². The number of hydrogen-bond acceptors (Lipinski definition) is 1. The summed E-state index contributed by atoms with van der Waals surface area (Å²) in [6.07, 6.45) is 1.86. The predicted octanol–water partition coefficient (Wildman–Crippen LogP) is 2.05. The highest BCUT2D eigenvalue weighted by Crippen LogP contribution is 2.04. The van der Waals surface area contributed by atoms with E-state index in [4.69, 9.17) is 0 Å². The molecule has 1 aromatic heterocycles. The zero-order valence-electron chi connectivity index (χ0n) is 8.09. The lowest BCUT2D eigenvalue weighted by Gasteiger charge is -2.11. The minimum absolute atomic E-state index is 0.130. The first-order chi connectivity index (χ1) is 5.54. The van der Waals surface area contributed by atoms with E-state index in [1.807, 2.05) is 40.0 Å². The van der Waals surface area contributed by atoms with Crippen molar-refractivity contribution >= 4 is 0 Å². The number of aryl methyl sites for hydroxylation is 1. The molecule has 0 radical (unpaired) electrons. The molecule has 0 aliphatic heterocycles. The summed E-state index contributed by atoms with van der Waals surface area (Å²) < 4.78 is 1.75. The largest absolute Gasteiger partial charge is 0.313 e. The number of nitrogens with zero attached hydrogens (tertiary/aromatic N) is 1. The Morgan fingerprint density at radius 2 is 1.92 bits per heavy atom. The van der Waals surface area contributed by atoms with Crippen LogP contribution in [-0.4, -0.2) is 4.57 Å². The average Bonchev–Trinajstić information content (AvgIpc) is 2.00. The van der Waals surface area contributed by atoms with Crippen molar-refractivity contribution in [1.29, 1.82) is 0 Å². The molecule has 1 aromatic rings. The normalized spacial score (nSPS) is 10.8. The molecule has 66 valence electrons. The number of rotatable bonds is 1. The molecule has 0 bridgehead atoms. The van der Waals surface area contributed by atoms with Gasteiger partial charge in [0.25, 0.3) is 5.56 Å². The van der Waals surface area contributed by atoms with Gasteiger partial charge in [0.05, 0.1) is 0 Å². The van der Waals surface area contributed by atoms with Crippen LogP contribution in [0.2, 0.25) is 0 Å². The van der Waals surface area contributed by atoms with Crippen LogP contribution in [0.15, 0.2) is 17.1 Å². The third kappa shape index (κ3) is 1.42. The first-order valence-electron chi connectivity index (χ1n) is 4.22. The van der Waals surface area contributed by atoms with E-state index in [0.717, 1.165) is 11.1 Å². The molecule has 12 heavy (non-hydrogen) atoms. The lowest BCUT2D eigenvalue weighted by atomic mass is 10.2. The van der Waals surface area contributed by atoms with E-state index in [9.17, 15) is 4.79 Å². The number of hydrogen-bond donors (Lipinski definition) is 0. The molecule has 0 fully saturated rings. The smallest absolute Gasteiger partial charge is 0.253 e. The molecule has 0 atom stereocenters. The van der Waals surface area contributed by atoms with E-state index in [1.165, 1.54) is 0 Å². The van der Waals surface area contributed by atoms with Crippen LogP contribution in [0, 0.1) is 13.8 Å². The lowest BCUT2D eigenvalue weighted by Crippen LogP contribution is -2.23. The van der Waals surface area contributed by atoms with Crippen molar-refractivity contribution < 1.29 is 0 Å². The highest BCUT2D eigenvalue weighted by Gasteiger charge is 2.03. The van der Waals surface area contributed by atoms with Crippen molar-refractivity contribution in [3.8, 4) is 0 Å². The van der Waals surface area contributed by atoms with Crippen molar-refractivity contribution in [2.24, 2.45) is 0 Å². The van der Waals surface area contributed by atoms with Crippen LogP contribution in [0.1, 0.15) is 31.0 Å². The third-order valence-electron chi connectivity index (χ3n) is 2.19. The van der Waals surface area contributed by atoms with Gasteiger partial charge in [0, 0.05) is 17.8 Å². The summed E-state index contributed by atoms with van der Waals surface area (Å²) in [5.74, 6) is 0. The van der Waals surface area contributed by atoms with Crippen LogP contribution >= 0.6 is 0 Å². The fraction of sp³-hybridized carbons (Fsp3) is 0.500. The van der Waals surface area contributed by atoms with Crippen molar-refractivity contribution in [3.63, 3.8) is 0 Å². The Kier molecular flexibility index (Phi) is 2.36. The first kappa shape index (κ1) is 9.04. The van der Waals surface area contributed by atoms with Crippen molar-refractivity contribution in [3.05, 3.63) is 33.7 Å². The molecule has 0 spiro atoms. The molecule has 0 saturated carbocycles. The van der Waals surface area contributed by atoms with Crippen molar-refractivity contribution in [2.45, 2.75) is 33.7 Å². The quantitative estimate of drug-likeness (QED) is 0.624. The highest BCUT2D eigenvalue weighted by molar-refractivity contribution is 5.20. The lowest BCUT2D eigenvalue weighted by molar-refractivity contribution is 0.574. The summed E-state index contributed by atoms with van der Waals surface area (Å²) in [4.78, 5) is 11.6. The summed E-state index contributed by atoms with van der Waals surface area (Å²) in [5, 5.41) is 0. The number of aromatic nitrogens is 1. The van der Waals surface area contributed by atoms with Crippen LogP contribution in [0.3, 0.4) is 0 Å². The third-order valence-corrected chi connectivity index (χ3v) is 2.19. The molecule has 0 saturated heterocycles. The van der Waals surface area contributed by atoms with E-state index < -0.39 is 0 Å². The fourth-order valence-corrected chi connectivity index (χ4v) is 1.15. The van der Waals surface area contributed by atoms with E-state index >= 15 is 0 Å². The van der Waals surface area contributed by atoms with Gasteiger partial charge in [-0.2, -0.15) is 0 Å². The standard InChI is InChI=1S/C10H15NO/c1-7(2)11-6-5-8(3)9(4)10(11)12/h5-7H,1-4H3. The number of pyridine rings is 1. The molecule has 0 amide bonds. The van der Waals surface area contributed by atoms with Crippen LogP contribution in [0.5, 0.6) is 0 Å². The van der Waals surface area contributed by atoms with Crippen molar-refractivity contribution in [2.75, 3.05) is 0 Å². The Hall–Kier alpha value is -1.05. The zero-order valence-corrected chi connectivity index (χ0v) is 8.09. The van der Waals surface area contributed by atoms with E-state index in [1.54, 1.807) is 4.57 Å². The Bertz CT molecular complexity index is 336. The van der Waals surface area contributed by atoms with E-state index in [2.05, 4.69) is 0 Å². The van der Waals surface area contributed by atoms with Gasteiger partial charge in [-0.15, -0.1) is 0 Å². The topological polar surface area (TPSA) is 22.0 Å². The molecule has 0 aromatic carbocycles. The van der Waals surface area contributed by atoms with Gasteiger partial charge in [0.15, 0.2) is 0 Å². The second kappa shape index (κ2) is 3.13. The van der Waals surface area contributed by atoms with Gasteiger partial charge in [0.2, 0.25) is 0 Å². The molecule has 1 heterocycles. The van der Waals surface area contributed by atoms with Gasteiger partial charge in [-0.1, -0.05) is 0 Å². The summed E-state index contributed by atoms with van der Waals surface area (Å²) >= 11 is 0. The summed E-state index contributed by atoms with van der Waals surface area (Å²) in [7, 11) is 0. The molecular formula is C10H15NO. The van der Waals surface area contributed by atoms with Crippen LogP contribution < -0.4 is 5.56 Å². The summed E-state index contributed by atoms with van der Waals surface area (Å²) in [5.41, 5.74) is 2.05. The Morgan fingerprint density at radius 1 is 1.33 bits per heavy atom. The minimum Gasteiger partial charge on any atom is -0.313 e. The molecule has 0 unspecified atom stereocenters. The minimum atomic E-state index is 0.130. The predicted molar refractivity (Wildman–Crippen MR) is 50.6 cm³/mol.